The summed E-state index contributed by atoms with van der Waals surface area (Å²) < 4.78 is 0. The average Bonchev–Trinajstić information content (AvgIpc) is 3.40. The van der Waals surface area contributed by atoms with E-state index in [4.69, 9.17) is 0 Å². The molecule has 3 aromatic carbocycles. The molecule has 148 valence electrons. The van der Waals surface area contributed by atoms with E-state index in [0.29, 0.717) is 5.13 Å². The Labute approximate surface area is 183 Å². The Hall–Kier alpha value is -3.83. The quantitative estimate of drug-likeness (QED) is 0.289. The van der Waals surface area contributed by atoms with Gasteiger partial charge >= 0.3 is 0 Å². The zero-order chi connectivity index (χ0) is 20.8. The summed E-state index contributed by atoms with van der Waals surface area (Å²) in [7, 11) is 0. The molecule has 0 bridgehead atoms. The Kier molecular flexibility index (Phi) is 4.14. The molecule has 2 aliphatic rings. The Balaban J connectivity index is 1.50. The Morgan fingerprint density at radius 3 is 2.52 bits per heavy atom. The van der Waals surface area contributed by atoms with Crippen molar-refractivity contribution in [3.63, 3.8) is 0 Å². The highest BCUT2D eigenvalue weighted by Gasteiger charge is 2.19. The third kappa shape index (κ3) is 3.02. The molecule has 4 aromatic rings. The highest BCUT2D eigenvalue weighted by Crippen LogP contribution is 2.45. The van der Waals surface area contributed by atoms with Crippen molar-refractivity contribution in [3.05, 3.63) is 89.8 Å². The summed E-state index contributed by atoms with van der Waals surface area (Å²) in [4.78, 5) is 8.30. The number of thiazole rings is 1. The number of pyridine rings is 1. The van der Waals surface area contributed by atoms with Crippen LogP contribution in [0.1, 0.15) is 5.56 Å². The number of aromatic amines is 1. The lowest BCUT2D eigenvalue weighted by molar-refractivity contribution is 1.21. The van der Waals surface area contributed by atoms with E-state index in [-0.39, 0.29) is 0 Å². The van der Waals surface area contributed by atoms with Crippen LogP contribution in [0.3, 0.4) is 0 Å². The van der Waals surface area contributed by atoms with Crippen LogP contribution in [0, 0.1) is 6.92 Å². The molecule has 0 radical (unpaired) electrons. The lowest BCUT2D eigenvalue weighted by Gasteiger charge is -2.08. The number of aryl methyl sites for hydroxylation is 1. The van der Waals surface area contributed by atoms with Crippen LogP contribution in [-0.4, -0.2) is 9.97 Å². The van der Waals surface area contributed by atoms with Gasteiger partial charge in [0.1, 0.15) is 5.69 Å². The first-order valence-corrected chi connectivity index (χ1v) is 11.0. The minimum absolute atomic E-state index is 0.651. The molecular formula is C26H18N4S. The number of hydrogen-bond donors (Lipinski definition) is 1. The molecule has 1 aliphatic heterocycles. The number of nitrogens with zero attached hydrogens (tertiary/aromatic N) is 3. The predicted octanol–water partition coefficient (Wildman–Crippen LogP) is 8.27. The van der Waals surface area contributed by atoms with Crippen molar-refractivity contribution >= 4 is 43.8 Å². The summed E-state index contributed by atoms with van der Waals surface area (Å²) in [6.07, 6.45) is 0. The zero-order valence-corrected chi connectivity index (χ0v) is 17.6. The molecule has 0 fully saturated rings. The fourth-order valence-corrected chi connectivity index (χ4v) is 4.75. The normalized spacial score (nSPS) is 11.9. The fourth-order valence-electron chi connectivity index (χ4n) is 4.11. The van der Waals surface area contributed by atoms with Gasteiger partial charge in [0.2, 0.25) is 5.13 Å². The van der Waals surface area contributed by atoms with Gasteiger partial charge in [-0.3, -0.25) is 0 Å². The first kappa shape index (κ1) is 18.0. The summed E-state index contributed by atoms with van der Waals surface area (Å²) in [6, 6.07) is 27.0. The number of H-pyrrole nitrogens is 1. The van der Waals surface area contributed by atoms with Crippen molar-refractivity contribution in [3.8, 4) is 22.5 Å². The van der Waals surface area contributed by atoms with Gasteiger partial charge in [-0.15, -0.1) is 21.6 Å². The van der Waals surface area contributed by atoms with E-state index in [2.05, 4.69) is 81.7 Å². The summed E-state index contributed by atoms with van der Waals surface area (Å²) in [6.45, 7) is 2.13. The standard InChI is InChI=1S/C26H18N4S/c1-16-8-7-11-18-14-21-24(28-23(16)18)19-12-5-6-13-20(19)25(21)29-30-26-27-22(15-31-26)17-9-3-2-4-10-17/h2-15,28H,1H3. The molecule has 1 aromatic heterocycles. The molecule has 0 spiro atoms. The summed E-state index contributed by atoms with van der Waals surface area (Å²) in [5.41, 5.74) is 7.43. The minimum Gasteiger partial charge on any atom is -0.354 e. The number of para-hydroxylation sites is 1. The van der Waals surface area contributed by atoms with Crippen LogP contribution in [0.4, 0.5) is 10.8 Å². The lowest BCUT2D eigenvalue weighted by atomic mass is 10.1. The fraction of sp³-hybridized carbons (Fsp3) is 0.0385. The maximum absolute atomic E-state index is 4.68. The van der Waals surface area contributed by atoms with Crippen molar-refractivity contribution < 1.29 is 0 Å². The van der Waals surface area contributed by atoms with Crippen LogP contribution in [0.2, 0.25) is 0 Å². The minimum atomic E-state index is 0.651. The highest BCUT2D eigenvalue weighted by atomic mass is 32.1. The van der Waals surface area contributed by atoms with E-state index in [9.17, 15) is 0 Å². The van der Waals surface area contributed by atoms with Gasteiger partial charge < -0.3 is 4.98 Å². The van der Waals surface area contributed by atoms with Crippen LogP contribution in [0.15, 0.2) is 94.5 Å². The van der Waals surface area contributed by atoms with E-state index in [0.717, 1.165) is 44.5 Å². The predicted molar refractivity (Wildman–Crippen MR) is 129 cm³/mol. The van der Waals surface area contributed by atoms with Crippen LogP contribution < -0.4 is 0 Å². The first-order chi connectivity index (χ1) is 15.3. The third-order valence-electron chi connectivity index (χ3n) is 5.63. The summed E-state index contributed by atoms with van der Waals surface area (Å²) in [5.74, 6) is 0. The topological polar surface area (TPSA) is 53.4 Å². The number of azo groups is 1. The molecule has 0 atom stereocenters. The Bertz CT molecular complexity index is 1540. The Morgan fingerprint density at radius 1 is 0.839 bits per heavy atom. The van der Waals surface area contributed by atoms with Crippen molar-refractivity contribution in [2.75, 3.05) is 0 Å². The van der Waals surface area contributed by atoms with Crippen molar-refractivity contribution in [2.24, 2.45) is 10.2 Å². The first-order valence-electron chi connectivity index (χ1n) is 10.1. The molecule has 0 saturated heterocycles. The lowest BCUT2D eigenvalue weighted by Crippen LogP contribution is -1.87. The number of benzene rings is 3. The van der Waals surface area contributed by atoms with Crippen molar-refractivity contribution in [1.82, 2.24) is 9.97 Å². The SMILES string of the molecule is Cc1cccc2cc3c(N=Nc4nc(-c5ccccc5)cs4)c4ccccc4c-3[nH]c12. The number of aromatic nitrogens is 2. The Morgan fingerprint density at radius 2 is 1.65 bits per heavy atom. The molecule has 0 unspecified atom stereocenters. The van der Waals surface area contributed by atoms with Gasteiger partial charge in [0.15, 0.2) is 0 Å². The molecular weight excluding hydrogens is 400 g/mol. The number of fused-ring (bicyclic) bond motifs is 4. The number of rotatable bonds is 3. The molecule has 31 heavy (non-hydrogen) atoms. The van der Waals surface area contributed by atoms with E-state index in [1.165, 1.54) is 22.3 Å². The largest absolute Gasteiger partial charge is 0.354 e. The van der Waals surface area contributed by atoms with E-state index in [1.807, 2.05) is 29.6 Å². The van der Waals surface area contributed by atoms with E-state index in [1.54, 1.807) is 0 Å². The van der Waals surface area contributed by atoms with Gasteiger partial charge in [-0.05, 0) is 23.9 Å². The van der Waals surface area contributed by atoms with Crippen LogP contribution in [-0.2, 0) is 0 Å². The second-order valence-electron chi connectivity index (χ2n) is 7.57. The molecule has 6 rings (SSSR count). The van der Waals surface area contributed by atoms with Crippen LogP contribution >= 0.6 is 11.3 Å². The maximum Gasteiger partial charge on any atom is 0.230 e. The van der Waals surface area contributed by atoms with Gasteiger partial charge in [0.25, 0.3) is 0 Å². The van der Waals surface area contributed by atoms with Crippen molar-refractivity contribution in [2.45, 2.75) is 6.92 Å². The smallest absolute Gasteiger partial charge is 0.230 e. The van der Waals surface area contributed by atoms with E-state index < -0.39 is 0 Å². The molecule has 0 amide bonds. The molecule has 2 heterocycles. The number of nitrogens with one attached hydrogen (secondary N) is 1. The van der Waals surface area contributed by atoms with Gasteiger partial charge in [0.05, 0.1) is 11.4 Å². The van der Waals surface area contributed by atoms with Crippen LogP contribution in [0.5, 0.6) is 0 Å². The molecule has 4 nitrogen and oxygen atoms in total. The van der Waals surface area contributed by atoms with Crippen LogP contribution in [0.25, 0.3) is 44.2 Å². The van der Waals surface area contributed by atoms with Gasteiger partial charge in [0, 0.05) is 32.8 Å². The molecule has 5 heteroatoms. The van der Waals surface area contributed by atoms with Gasteiger partial charge in [-0.25, -0.2) is 4.98 Å². The molecule has 1 aliphatic carbocycles. The second kappa shape index (κ2) is 7.15. The average molecular weight is 419 g/mol. The third-order valence-corrected chi connectivity index (χ3v) is 6.35. The van der Waals surface area contributed by atoms with Crippen molar-refractivity contribution in [1.29, 1.82) is 0 Å². The van der Waals surface area contributed by atoms with Gasteiger partial charge in [-0.1, -0.05) is 72.8 Å². The van der Waals surface area contributed by atoms with E-state index >= 15 is 0 Å². The highest BCUT2D eigenvalue weighted by molar-refractivity contribution is 7.13. The monoisotopic (exact) mass is 418 g/mol. The molecule has 1 N–H and O–H groups in total. The number of hydrogen-bond acceptors (Lipinski definition) is 4. The zero-order valence-electron chi connectivity index (χ0n) is 16.8. The maximum atomic E-state index is 4.68. The second-order valence-corrected chi connectivity index (χ2v) is 8.41. The molecule has 0 saturated carbocycles. The van der Waals surface area contributed by atoms with Gasteiger partial charge in [-0.2, -0.15) is 0 Å². The summed E-state index contributed by atoms with van der Waals surface area (Å²) in [5, 5.41) is 15.3. The summed E-state index contributed by atoms with van der Waals surface area (Å²) >= 11 is 1.50.